The highest BCUT2D eigenvalue weighted by molar-refractivity contribution is 5.88. The maximum Gasteiger partial charge on any atom is 0.335 e. The second-order valence-electron chi connectivity index (χ2n) is 7.52. The van der Waals surface area contributed by atoms with E-state index in [-0.39, 0.29) is 0 Å². The molecule has 1 aliphatic rings. The molecule has 1 fully saturated rings. The van der Waals surface area contributed by atoms with Crippen molar-refractivity contribution < 1.29 is 9.90 Å². The quantitative estimate of drug-likeness (QED) is 0.833. The first-order chi connectivity index (χ1) is 12.5. The van der Waals surface area contributed by atoms with Gasteiger partial charge in [0.25, 0.3) is 0 Å². The fraction of sp³-hybridized carbons (Fsp3) is 0.348. The molecule has 2 aromatic carbocycles. The van der Waals surface area contributed by atoms with Gasteiger partial charge in [-0.1, -0.05) is 54.1 Å². The number of allylic oxidation sites excluding steroid dienone is 1. The Hall–Kier alpha value is -2.39. The van der Waals surface area contributed by atoms with Crippen molar-refractivity contribution >= 4 is 12.0 Å². The normalized spacial score (nSPS) is 21.9. The molecule has 2 atom stereocenters. The van der Waals surface area contributed by atoms with Gasteiger partial charge >= 0.3 is 5.97 Å². The third kappa shape index (κ3) is 4.61. The Morgan fingerprint density at radius 2 is 1.92 bits per heavy atom. The van der Waals surface area contributed by atoms with E-state index < -0.39 is 5.97 Å². The standard InChI is InChI=1S/C23H27NO2/c1-24(2)16-21-12-11-18(15-22(21)19-8-4-3-5-9-19)13-17-7-6-10-20(14-17)23(25)26/h3-10,13-14,21-22H,11-12,15-16H2,1-2H3,(H,25,26)/t21-,22-/m0/s1. The van der Waals surface area contributed by atoms with Gasteiger partial charge < -0.3 is 10.0 Å². The summed E-state index contributed by atoms with van der Waals surface area (Å²) in [6.45, 7) is 1.10. The Morgan fingerprint density at radius 3 is 2.62 bits per heavy atom. The van der Waals surface area contributed by atoms with Gasteiger partial charge in [0.1, 0.15) is 0 Å². The fourth-order valence-corrected chi connectivity index (χ4v) is 4.03. The number of carbonyl (C=O) groups is 1. The van der Waals surface area contributed by atoms with E-state index in [9.17, 15) is 9.90 Å². The van der Waals surface area contributed by atoms with Crippen LogP contribution in [0.25, 0.3) is 6.08 Å². The number of hydrogen-bond acceptors (Lipinski definition) is 2. The van der Waals surface area contributed by atoms with Crippen LogP contribution in [0.15, 0.2) is 60.2 Å². The molecule has 0 radical (unpaired) electrons. The van der Waals surface area contributed by atoms with E-state index in [1.807, 2.05) is 12.1 Å². The molecule has 0 amide bonds. The lowest BCUT2D eigenvalue weighted by molar-refractivity contribution is 0.0697. The minimum atomic E-state index is -0.873. The first-order valence-electron chi connectivity index (χ1n) is 9.25. The van der Waals surface area contributed by atoms with E-state index in [2.05, 4.69) is 55.4 Å². The van der Waals surface area contributed by atoms with Gasteiger partial charge in [-0.2, -0.15) is 0 Å². The molecule has 1 saturated carbocycles. The van der Waals surface area contributed by atoms with E-state index in [4.69, 9.17) is 0 Å². The number of hydrogen-bond donors (Lipinski definition) is 1. The minimum absolute atomic E-state index is 0.347. The van der Waals surface area contributed by atoms with E-state index in [0.717, 1.165) is 24.9 Å². The summed E-state index contributed by atoms with van der Waals surface area (Å²) >= 11 is 0. The van der Waals surface area contributed by atoms with Crippen LogP contribution in [-0.4, -0.2) is 36.6 Å². The summed E-state index contributed by atoms with van der Waals surface area (Å²) in [7, 11) is 4.29. The molecule has 0 unspecified atom stereocenters. The van der Waals surface area contributed by atoms with Crippen molar-refractivity contribution in [1.82, 2.24) is 4.90 Å². The van der Waals surface area contributed by atoms with Crippen LogP contribution in [0.1, 0.15) is 46.7 Å². The number of rotatable bonds is 5. The Kier molecular flexibility index (Phi) is 5.89. The SMILES string of the molecule is CN(C)C[C@@H]1CCC(=Cc2cccc(C(=O)O)c2)C[C@H]1c1ccccc1. The summed E-state index contributed by atoms with van der Waals surface area (Å²) in [5.74, 6) is 0.290. The van der Waals surface area contributed by atoms with E-state index in [1.54, 1.807) is 12.1 Å². The van der Waals surface area contributed by atoms with Crippen molar-refractivity contribution in [3.8, 4) is 0 Å². The predicted molar refractivity (Wildman–Crippen MR) is 106 cm³/mol. The lowest BCUT2D eigenvalue weighted by atomic mass is 9.73. The third-order valence-electron chi connectivity index (χ3n) is 5.22. The van der Waals surface area contributed by atoms with Crippen molar-refractivity contribution in [2.45, 2.75) is 25.2 Å². The van der Waals surface area contributed by atoms with Crippen LogP contribution in [0.2, 0.25) is 0 Å². The zero-order valence-electron chi connectivity index (χ0n) is 15.6. The number of carboxylic acids is 1. The van der Waals surface area contributed by atoms with Crippen molar-refractivity contribution in [3.63, 3.8) is 0 Å². The van der Waals surface area contributed by atoms with Crippen LogP contribution in [0.5, 0.6) is 0 Å². The largest absolute Gasteiger partial charge is 0.478 e. The smallest absolute Gasteiger partial charge is 0.335 e. The Labute approximate surface area is 156 Å². The van der Waals surface area contributed by atoms with Gasteiger partial charge in [-0.3, -0.25) is 0 Å². The second-order valence-corrected chi connectivity index (χ2v) is 7.52. The fourth-order valence-electron chi connectivity index (χ4n) is 4.03. The first-order valence-corrected chi connectivity index (χ1v) is 9.25. The summed E-state index contributed by atoms with van der Waals surface area (Å²) in [4.78, 5) is 13.5. The van der Waals surface area contributed by atoms with Crippen molar-refractivity contribution in [2.24, 2.45) is 5.92 Å². The molecule has 1 aliphatic carbocycles. The second kappa shape index (κ2) is 8.33. The summed E-state index contributed by atoms with van der Waals surface area (Å²) in [6, 6.07) is 18.0. The number of benzene rings is 2. The Bertz CT molecular complexity index is 780. The Morgan fingerprint density at radius 1 is 1.15 bits per heavy atom. The first kappa shape index (κ1) is 18.4. The average Bonchev–Trinajstić information content (AvgIpc) is 2.63. The summed E-state index contributed by atoms with van der Waals surface area (Å²) < 4.78 is 0. The lowest BCUT2D eigenvalue weighted by Crippen LogP contribution is -2.29. The summed E-state index contributed by atoms with van der Waals surface area (Å²) in [5, 5.41) is 9.20. The van der Waals surface area contributed by atoms with Crippen molar-refractivity contribution in [1.29, 1.82) is 0 Å². The number of nitrogens with zero attached hydrogens (tertiary/aromatic N) is 1. The van der Waals surface area contributed by atoms with Gasteiger partial charge in [0.15, 0.2) is 0 Å². The average molecular weight is 349 g/mol. The van der Waals surface area contributed by atoms with Crippen LogP contribution >= 0.6 is 0 Å². The van der Waals surface area contributed by atoms with Gasteiger partial charge in [0.05, 0.1) is 5.56 Å². The molecule has 1 N–H and O–H groups in total. The Balaban J connectivity index is 1.85. The molecule has 0 spiro atoms. The van der Waals surface area contributed by atoms with Crippen LogP contribution in [-0.2, 0) is 0 Å². The van der Waals surface area contributed by atoms with Gasteiger partial charge in [0, 0.05) is 6.54 Å². The highest BCUT2D eigenvalue weighted by Gasteiger charge is 2.29. The monoisotopic (exact) mass is 349 g/mol. The molecule has 0 heterocycles. The molecule has 0 aromatic heterocycles. The molecule has 0 aliphatic heterocycles. The van der Waals surface area contributed by atoms with Gasteiger partial charge in [-0.15, -0.1) is 0 Å². The predicted octanol–water partition coefficient (Wildman–Crippen LogP) is 4.91. The minimum Gasteiger partial charge on any atom is -0.478 e. The van der Waals surface area contributed by atoms with E-state index in [0.29, 0.717) is 17.4 Å². The summed E-state index contributed by atoms with van der Waals surface area (Å²) in [5.41, 5.74) is 4.15. The van der Waals surface area contributed by atoms with Crippen LogP contribution < -0.4 is 0 Å². The van der Waals surface area contributed by atoms with E-state index >= 15 is 0 Å². The van der Waals surface area contributed by atoms with Gasteiger partial charge in [0.2, 0.25) is 0 Å². The molecule has 3 nitrogen and oxygen atoms in total. The van der Waals surface area contributed by atoms with Crippen molar-refractivity contribution in [3.05, 3.63) is 76.9 Å². The number of carboxylic acid groups (broad SMARTS) is 1. The maximum absolute atomic E-state index is 11.2. The zero-order chi connectivity index (χ0) is 18.5. The lowest BCUT2D eigenvalue weighted by Gasteiger charge is -2.35. The van der Waals surface area contributed by atoms with Gasteiger partial charge in [-0.25, -0.2) is 4.79 Å². The zero-order valence-corrected chi connectivity index (χ0v) is 15.6. The molecule has 0 bridgehead atoms. The van der Waals surface area contributed by atoms with Gasteiger partial charge in [-0.05, 0) is 68.5 Å². The highest BCUT2D eigenvalue weighted by Crippen LogP contribution is 2.41. The topological polar surface area (TPSA) is 40.5 Å². The molecule has 0 saturated heterocycles. The molecule has 3 rings (SSSR count). The van der Waals surface area contributed by atoms with Crippen LogP contribution in [0.4, 0.5) is 0 Å². The highest BCUT2D eigenvalue weighted by atomic mass is 16.4. The van der Waals surface area contributed by atoms with Crippen molar-refractivity contribution in [2.75, 3.05) is 20.6 Å². The molecular weight excluding hydrogens is 322 g/mol. The number of aromatic carboxylic acids is 1. The van der Waals surface area contributed by atoms with E-state index in [1.165, 1.54) is 17.6 Å². The maximum atomic E-state index is 11.2. The third-order valence-corrected chi connectivity index (χ3v) is 5.22. The molecular formula is C23H27NO2. The molecule has 136 valence electrons. The van der Waals surface area contributed by atoms with Crippen LogP contribution in [0.3, 0.4) is 0 Å². The molecule has 26 heavy (non-hydrogen) atoms. The molecule has 2 aromatic rings. The molecule has 3 heteroatoms. The summed E-state index contributed by atoms with van der Waals surface area (Å²) in [6.07, 6.45) is 5.48. The van der Waals surface area contributed by atoms with Crippen LogP contribution in [0, 0.1) is 5.92 Å².